The SMILES string of the molecule is CCCC1CN=C(NCc2cccs2)S1. The molecule has 0 spiro atoms. The van der Waals surface area contributed by atoms with Crippen LogP contribution in [0.4, 0.5) is 0 Å². The maximum Gasteiger partial charge on any atom is 0.157 e. The predicted octanol–water partition coefficient (Wildman–Crippen LogP) is 3.11. The number of rotatable bonds is 4. The minimum absolute atomic E-state index is 0.709. The van der Waals surface area contributed by atoms with Crippen molar-refractivity contribution in [3.8, 4) is 0 Å². The molecular formula is C11H16N2S2. The third-order valence-electron chi connectivity index (χ3n) is 2.32. The topological polar surface area (TPSA) is 24.4 Å². The van der Waals surface area contributed by atoms with Crippen LogP contribution in [-0.4, -0.2) is 17.0 Å². The van der Waals surface area contributed by atoms with Gasteiger partial charge >= 0.3 is 0 Å². The molecule has 1 N–H and O–H groups in total. The lowest BCUT2D eigenvalue weighted by Crippen LogP contribution is -2.18. The van der Waals surface area contributed by atoms with Crippen LogP contribution in [0.5, 0.6) is 0 Å². The maximum absolute atomic E-state index is 4.51. The van der Waals surface area contributed by atoms with Crippen molar-refractivity contribution in [2.45, 2.75) is 31.6 Å². The molecule has 82 valence electrons. The molecular weight excluding hydrogens is 224 g/mol. The summed E-state index contributed by atoms with van der Waals surface area (Å²) in [5, 5.41) is 7.34. The molecule has 1 aliphatic heterocycles. The second-order valence-corrected chi connectivity index (χ2v) is 5.93. The number of amidine groups is 1. The highest BCUT2D eigenvalue weighted by molar-refractivity contribution is 8.14. The van der Waals surface area contributed by atoms with Crippen LogP contribution in [0, 0.1) is 0 Å². The van der Waals surface area contributed by atoms with E-state index >= 15 is 0 Å². The van der Waals surface area contributed by atoms with Crippen LogP contribution in [0.25, 0.3) is 0 Å². The first-order chi connectivity index (χ1) is 7.38. The van der Waals surface area contributed by atoms with E-state index in [0.29, 0.717) is 5.25 Å². The molecule has 0 radical (unpaired) electrons. The maximum atomic E-state index is 4.51. The predicted molar refractivity (Wildman–Crippen MR) is 69.7 cm³/mol. The largest absolute Gasteiger partial charge is 0.360 e. The van der Waals surface area contributed by atoms with E-state index in [4.69, 9.17) is 0 Å². The van der Waals surface area contributed by atoms with E-state index in [-0.39, 0.29) is 0 Å². The van der Waals surface area contributed by atoms with Crippen LogP contribution >= 0.6 is 23.1 Å². The molecule has 0 aliphatic carbocycles. The van der Waals surface area contributed by atoms with Gasteiger partial charge in [-0.3, -0.25) is 4.99 Å². The van der Waals surface area contributed by atoms with E-state index in [0.717, 1.165) is 18.3 Å². The van der Waals surface area contributed by atoms with Crippen molar-refractivity contribution in [3.05, 3.63) is 22.4 Å². The van der Waals surface area contributed by atoms with Crippen LogP contribution in [0.2, 0.25) is 0 Å². The van der Waals surface area contributed by atoms with Crippen molar-refractivity contribution in [2.24, 2.45) is 4.99 Å². The van der Waals surface area contributed by atoms with Crippen molar-refractivity contribution in [1.29, 1.82) is 0 Å². The molecule has 0 aromatic carbocycles. The fraction of sp³-hybridized carbons (Fsp3) is 0.545. The number of thiophene rings is 1. The summed E-state index contributed by atoms with van der Waals surface area (Å²) in [5.41, 5.74) is 0. The van der Waals surface area contributed by atoms with E-state index in [1.54, 1.807) is 11.3 Å². The molecule has 1 aliphatic rings. The lowest BCUT2D eigenvalue weighted by Gasteiger charge is -2.06. The first-order valence-corrected chi connectivity index (χ1v) is 7.11. The van der Waals surface area contributed by atoms with Crippen LogP contribution in [0.1, 0.15) is 24.6 Å². The lowest BCUT2D eigenvalue weighted by molar-refractivity contribution is 0.754. The van der Waals surface area contributed by atoms with Gasteiger partial charge in [0.25, 0.3) is 0 Å². The van der Waals surface area contributed by atoms with Crippen molar-refractivity contribution < 1.29 is 0 Å². The van der Waals surface area contributed by atoms with Crippen LogP contribution in [0.15, 0.2) is 22.5 Å². The highest BCUT2D eigenvalue weighted by atomic mass is 32.2. The number of hydrogen-bond donors (Lipinski definition) is 1. The van der Waals surface area contributed by atoms with Gasteiger partial charge in [0.1, 0.15) is 0 Å². The summed E-state index contributed by atoms with van der Waals surface area (Å²) >= 11 is 3.69. The molecule has 2 nitrogen and oxygen atoms in total. The van der Waals surface area contributed by atoms with Crippen LogP contribution in [0.3, 0.4) is 0 Å². The zero-order valence-electron chi connectivity index (χ0n) is 8.90. The molecule has 0 saturated carbocycles. The minimum atomic E-state index is 0.709. The molecule has 15 heavy (non-hydrogen) atoms. The van der Waals surface area contributed by atoms with Crippen molar-refractivity contribution in [2.75, 3.05) is 6.54 Å². The molecule has 4 heteroatoms. The smallest absolute Gasteiger partial charge is 0.157 e. The zero-order valence-corrected chi connectivity index (χ0v) is 10.5. The molecule has 0 amide bonds. The molecule has 1 atom stereocenters. The lowest BCUT2D eigenvalue weighted by atomic mass is 10.2. The third kappa shape index (κ3) is 3.24. The van der Waals surface area contributed by atoms with Crippen LogP contribution < -0.4 is 5.32 Å². The molecule has 0 saturated heterocycles. The Labute approximate surface area is 99.2 Å². The average molecular weight is 240 g/mol. The first kappa shape index (κ1) is 11.0. The number of nitrogens with one attached hydrogen (secondary N) is 1. The van der Waals surface area contributed by atoms with Gasteiger partial charge < -0.3 is 5.32 Å². The number of hydrogen-bond acceptors (Lipinski definition) is 4. The van der Waals surface area contributed by atoms with E-state index in [9.17, 15) is 0 Å². The molecule has 1 aromatic heterocycles. The first-order valence-electron chi connectivity index (χ1n) is 5.36. The Bertz CT molecular complexity index is 319. The number of nitrogens with zero attached hydrogens (tertiary/aromatic N) is 1. The van der Waals surface area contributed by atoms with Gasteiger partial charge in [-0.15, -0.1) is 11.3 Å². The standard InChI is InChI=1S/C11H16N2S2/c1-2-4-10-8-13-11(15-10)12-7-9-5-3-6-14-9/h3,5-6,10H,2,4,7-8H2,1H3,(H,12,13). The van der Waals surface area contributed by atoms with E-state index in [1.807, 2.05) is 11.8 Å². The summed E-state index contributed by atoms with van der Waals surface area (Å²) in [5.74, 6) is 0. The number of thioether (sulfide) groups is 1. The second kappa shape index (κ2) is 5.56. The van der Waals surface area contributed by atoms with E-state index in [2.05, 4.69) is 34.7 Å². The second-order valence-electron chi connectivity index (χ2n) is 3.61. The summed E-state index contributed by atoms with van der Waals surface area (Å²) < 4.78 is 0. The highest BCUT2D eigenvalue weighted by Crippen LogP contribution is 2.23. The Morgan fingerprint density at radius 2 is 2.53 bits per heavy atom. The van der Waals surface area contributed by atoms with Crippen molar-refractivity contribution >= 4 is 28.3 Å². The number of aliphatic imine (C=N–C) groups is 1. The quantitative estimate of drug-likeness (QED) is 0.874. The molecule has 2 rings (SSSR count). The summed E-state index contributed by atoms with van der Waals surface area (Å²) in [6.45, 7) is 4.14. The van der Waals surface area contributed by atoms with Crippen LogP contribution in [-0.2, 0) is 6.54 Å². The monoisotopic (exact) mass is 240 g/mol. The van der Waals surface area contributed by atoms with Gasteiger partial charge in [-0.1, -0.05) is 31.2 Å². The van der Waals surface area contributed by atoms with E-state index in [1.165, 1.54) is 17.7 Å². The Hall–Kier alpha value is -0.480. The zero-order chi connectivity index (χ0) is 10.5. The van der Waals surface area contributed by atoms with Crippen molar-refractivity contribution in [3.63, 3.8) is 0 Å². The molecule has 0 fully saturated rings. The summed E-state index contributed by atoms with van der Waals surface area (Å²) in [7, 11) is 0. The van der Waals surface area contributed by atoms with E-state index < -0.39 is 0 Å². The Morgan fingerprint density at radius 1 is 1.60 bits per heavy atom. The summed E-state index contributed by atoms with van der Waals surface area (Å²) in [6, 6.07) is 4.24. The third-order valence-corrected chi connectivity index (χ3v) is 4.41. The van der Waals surface area contributed by atoms with Gasteiger partial charge in [-0.2, -0.15) is 0 Å². The Kier molecular flexibility index (Phi) is 4.09. The normalized spacial score (nSPS) is 20.3. The van der Waals surface area contributed by atoms with Gasteiger partial charge in [0, 0.05) is 10.1 Å². The van der Waals surface area contributed by atoms with Gasteiger partial charge in [0.2, 0.25) is 0 Å². The molecule has 1 aromatic rings. The summed E-state index contributed by atoms with van der Waals surface area (Å²) in [6.07, 6.45) is 2.53. The minimum Gasteiger partial charge on any atom is -0.360 e. The Balaban J connectivity index is 1.73. The van der Waals surface area contributed by atoms with Gasteiger partial charge in [-0.25, -0.2) is 0 Å². The fourth-order valence-corrected chi connectivity index (χ4v) is 3.33. The van der Waals surface area contributed by atoms with Gasteiger partial charge in [0.05, 0.1) is 13.1 Å². The van der Waals surface area contributed by atoms with Crippen molar-refractivity contribution in [1.82, 2.24) is 5.32 Å². The fourth-order valence-electron chi connectivity index (χ4n) is 1.56. The molecule has 1 unspecified atom stereocenters. The van der Waals surface area contributed by atoms with Gasteiger partial charge in [-0.05, 0) is 17.9 Å². The summed E-state index contributed by atoms with van der Waals surface area (Å²) in [4.78, 5) is 5.88. The molecule has 2 heterocycles. The Morgan fingerprint density at radius 3 is 3.27 bits per heavy atom. The highest BCUT2D eigenvalue weighted by Gasteiger charge is 2.18. The molecule has 0 bridgehead atoms. The average Bonchev–Trinajstić information content (AvgIpc) is 2.85. The van der Waals surface area contributed by atoms with Gasteiger partial charge in [0.15, 0.2) is 5.17 Å².